The van der Waals surface area contributed by atoms with Crippen LogP contribution in [0.5, 0.6) is 0 Å². The lowest BCUT2D eigenvalue weighted by Gasteiger charge is -2.24. The molecule has 0 radical (unpaired) electrons. The maximum atomic E-state index is 12.2. The molecule has 1 rings (SSSR count). The van der Waals surface area contributed by atoms with E-state index in [0.29, 0.717) is 6.42 Å². The standard InChI is InChI=1S/C13H16Cl2N2O3/c1-5-13(3,4)20-12(19)10-8(16-7(2)18)6-9(14)17-11(10)15/h6H,5H2,1-4H3,(H,16,17,18). The summed E-state index contributed by atoms with van der Waals surface area (Å²) >= 11 is 11.7. The number of nitrogens with one attached hydrogen (secondary N) is 1. The highest BCUT2D eigenvalue weighted by Gasteiger charge is 2.26. The Bertz CT molecular complexity index is 545. The number of ether oxygens (including phenoxy) is 1. The molecule has 1 N–H and O–H groups in total. The predicted molar refractivity (Wildman–Crippen MR) is 78.3 cm³/mol. The molecule has 0 atom stereocenters. The van der Waals surface area contributed by atoms with Crippen molar-refractivity contribution in [2.45, 2.75) is 39.7 Å². The van der Waals surface area contributed by atoms with E-state index < -0.39 is 11.6 Å². The SMILES string of the molecule is CCC(C)(C)OC(=O)c1c(NC(C)=O)cc(Cl)nc1Cl. The van der Waals surface area contributed by atoms with Crippen molar-refractivity contribution in [2.75, 3.05) is 5.32 Å². The van der Waals surface area contributed by atoms with E-state index in [0.717, 1.165) is 0 Å². The zero-order valence-corrected chi connectivity index (χ0v) is 13.2. The Morgan fingerprint density at radius 1 is 1.40 bits per heavy atom. The van der Waals surface area contributed by atoms with Crippen LogP contribution in [0, 0.1) is 0 Å². The number of carbonyl (C=O) groups is 2. The van der Waals surface area contributed by atoms with Crippen molar-refractivity contribution in [3.05, 3.63) is 21.9 Å². The van der Waals surface area contributed by atoms with Crippen LogP contribution in [0.3, 0.4) is 0 Å². The van der Waals surface area contributed by atoms with E-state index in [9.17, 15) is 9.59 Å². The fraction of sp³-hybridized carbons (Fsp3) is 0.462. The van der Waals surface area contributed by atoms with Gasteiger partial charge < -0.3 is 10.1 Å². The van der Waals surface area contributed by atoms with Gasteiger partial charge in [0, 0.05) is 13.0 Å². The molecule has 110 valence electrons. The normalized spacial score (nSPS) is 11.1. The van der Waals surface area contributed by atoms with Gasteiger partial charge in [0.2, 0.25) is 5.91 Å². The van der Waals surface area contributed by atoms with E-state index in [4.69, 9.17) is 27.9 Å². The molecule has 0 unspecified atom stereocenters. The van der Waals surface area contributed by atoms with E-state index in [1.54, 1.807) is 13.8 Å². The quantitative estimate of drug-likeness (QED) is 0.679. The molecule has 0 aliphatic carbocycles. The molecule has 0 bridgehead atoms. The Hall–Kier alpha value is -1.33. The molecule has 0 aromatic carbocycles. The minimum atomic E-state index is -0.658. The number of aromatic nitrogens is 1. The highest BCUT2D eigenvalue weighted by atomic mass is 35.5. The Morgan fingerprint density at radius 2 is 2.00 bits per heavy atom. The first kappa shape index (κ1) is 16.7. The smallest absolute Gasteiger partial charge is 0.343 e. The molecule has 5 nitrogen and oxygen atoms in total. The van der Waals surface area contributed by atoms with Gasteiger partial charge in [-0.2, -0.15) is 0 Å². The number of esters is 1. The van der Waals surface area contributed by atoms with Crippen molar-refractivity contribution < 1.29 is 14.3 Å². The summed E-state index contributed by atoms with van der Waals surface area (Å²) in [5.74, 6) is -1.01. The van der Waals surface area contributed by atoms with Crippen molar-refractivity contribution in [2.24, 2.45) is 0 Å². The molecule has 7 heteroatoms. The van der Waals surface area contributed by atoms with Crippen molar-refractivity contribution in [1.29, 1.82) is 0 Å². The molecular formula is C13H16Cl2N2O3. The second-order valence-electron chi connectivity index (χ2n) is 4.84. The van der Waals surface area contributed by atoms with Crippen molar-refractivity contribution in [3.8, 4) is 0 Å². The number of halogens is 2. The summed E-state index contributed by atoms with van der Waals surface area (Å²) in [6, 6.07) is 1.35. The molecule has 0 saturated carbocycles. The molecule has 1 aromatic heterocycles. The van der Waals surface area contributed by atoms with Gasteiger partial charge in [-0.3, -0.25) is 4.79 Å². The molecule has 0 saturated heterocycles. The van der Waals surface area contributed by atoms with Crippen molar-refractivity contribution >= 4 is 40.8 Å². The number of nitrogens with zero attached hydrogens (tertiary/aromatic N) is 1. The summed E-state index contributed by atoms with van der Waals surface area (Å²) in [7, 11) is 0. The minimum absolute atomic E-state index is 0.00667. The van der Waals surface area contributed by atoms with Gasteiger partial charge in [0.15, 0.2) is 0 Å². The first-order valence-electron chi connectivity index (χ1n) is 6.03. The molecule has 0 aliphatic rings. The maximum Gasteiger partial charge on any atom is 0.343 e. The monoisotopic (exact) mass is 318 g/mol. The fourth-order valence-electron chi connectivity index (χ4n) is 1.34. The van der Waals surface area contributed by atoms with E-state index in [2.05, 4.69) is 10.3 Å². The zero-order valence-electron chi connectivity index (χ0n) is 11.7. The number of hydrogen-bond donors (Lipinski definition) is 1. The highest BCUT2D eigenvalue weighted by molar-refractivity contribution is 6.35. The van der Waals surface area contributed by atoms with Gasteiger partial charge in [-0.15, -0.1) is 0 Å². The summed E-state index contributed by atoms with van der Waals surface area (Å²) in [6.07, 6.45) is 0.632. The Kier molecular flexibility index (Phi) is 5.36. The minimum Gasteiger partial charge on any atom is -0.456 e. The molecule has 1 aromatic rings. The van der Waals surface area contributed by atoms with Gasteiger partial charge in [-0.25, -0.2) is 9.78 Å². The molecule has 20 heavy (non-hydrogen) atoms. The number of amides is 1. The number of hydrogen-bond acceptors (Lipinski definition) is 4. The van der Waals surface area contributed by atoms with Crippen LogP contribution in [0.15, 0.2) is 6.07 Å². The lowest BCUT2D eigenvalue weighted by molar-refractivity contribution is -0.114. The second kappa shape index (κ2) is 6.41. The Morgan fingerprint density at radius 3 is 2.50 bits per heavy atom. The Balaban J connectivity index is 3.21. The first-order chi connectivity index (χ1) is 9.16. The first-order valence-corrected chi connectivity index (χ1v) is 6.79. The maximum absolute atomic E-state index is 12.2. The molecule has 1 amide bonds. The van der Waals surface area contributed by atoms with E-state index in [1.807, 2.05) is 6.92 Å². The topological polar surface area (TPSA) is 68.3 Å². The summed E-state index contributed by atoms with van der Waals surface area (Å²) < 4.78 is 5.36. The van der Waals surface area contributed by atoms with Gasteiger partial charge in [0.05, 0.1) is 5.69 Å². The second-order valence-corrected chi connectivity index (χ2v) is 5.59. The zero-order chi connectivity index (χ0) is 15.5. The Labute approximate surface area is 127 Å². The number of carbonyl (C=O) groups excluding carboxylic acids is 2. The van der Waals surface area contributed by atoms with Crippen LogP contribution in [-0.4, -0.2) is 22.5 Å². The van der Waals surface area contributed by atoms with E-state index >= 15 is 0 Å². The van der Waals surface area contributed by atoms with Crippen LogP contribution in [0.2, 0.25) is 10.3 Å². The van der Waals surface area contributed by atoms with Gasteiger partial charge in [-0.05, 0) is 20.3 Å². The lowest BCUT2D eigenvalue weighted by atomic mass is 10.1. The van der Waals surface area contributed by atoms with Crippen LogP contribution in [0.4, 0.5) is 5.69 Å². The van der Waals surface area contributed by atoms with Crippen LogP contribution < -0.4 is 5.32 Å². The molecule has 0 aliphatic heterocycles. The summed E-state index contributed by atoms with van der Waals surface area (Å²) in [6.45, 7) is 6.76. The van der Waals surface area contributed by atoms with Crippen LogP contribution in [0.25, 0.3) is 0 Å². The van der Waals surface area contributed by atoms with Gasteiger partial charge >= 0.3 is 5.97 Å². The summed E-state index contributed by atoms with van der Waals surface area (Å²) in [4.78, 5) is 27.2. The summed E-state index contributed by atoms with van der Waals surface area (Å²) in [5, 5.41) is 2.45. The van der Waals surface area contributed by atoms with Crippen LogP contribution in [-0.2, 0) is 9.53 Å². The largest absolute Gasteiger partial charge is 0.456 e. The molecule has 1 heterocycles. The third-order valence-electron chi connectivity index (χ3n) is 2.68. The lowest BCUT2D eigenvalue weighted by Crippen LogP contribution is -2.28. The third kappa shape index (κ3) is 4.35. The third-order valence-corrected chi connectivity index (χ3v) is 3.15. The van der Waals surface area contributed by atoms with Gasteiger partial charge in [0.1, 0.15) is 21.5 Å². The summed E-state index contributed by atoms with van der Waals surface area (Å²) in [5.41, 5.74) is -0.472. The molecule has 0 spiro atoms. The molecule has 0 fully saturated rings. The number of anilines is 1. The number of rotatable bonds is 4. The van der Waals surface area contributed by atoms with E-state index in [1.165, 1.54) is 13.0 Å². The van der Waals surface area contributed by atoms with Crippen molar-refractivity contribution in [1.82, 2.24) is 4.98 Å². The average molecular weight is 319 g/mol. The van der Waals surface area contributed by atoms with E-state index in [-0.39, 0.29) is 27.5 Å². The molecular weight excluding hydrogens is 303 g/mol. The predicted octanol–water partition coefficient (Wildman–Crippen LogP) is 3.69. The van der Waals surface area contributed by atoms with Crippen LogP contribution in [0.1, 0.15) is 44.5 Å². The fourth-order valence-corrected chi connectivity index (χ4v) is 1.85. The number of pyridine rings is 1. The van der Waals surface area contributed by atoms with Gasteiger partial charge in [0.25, 0.3) is 0 Å². The van der Waals surface area contributed by atoms with Gasteiger partial charge in [-0.1, -0.05) is 30.1 Å². The average Bonchev–Trinajstić information content (AvgIpc) is 2.26. The van der Waals surface area contributed by atoms with Crippen molar-refractivity contribution in [3.63, 3.8) is 0 Å². The van der Waals surface area contributed by atoms with Crippen LogP contribution >= 0.6 is 23.2 Å². The highest BCUT2D eigenvalue weighted by Crippen LogP contribution is 2.29.